The van der Waals surface area contributed by atoms with Gasteiger partial charge in [-0.25, -0.2) is 8.42 Å². The van der Waals surface area contributed by atoms with Crippen molar-refractivity contribution in [1.29, 1.82) is 0 Å². The summed E-state index contributed by atoms with van der Waals surface area (Å²) in [7, 11) is -3.70. The summed E-state index contributed by atoms with van der Waals surface area (Å²) in [5, 5.41) is 2.89. The van der Waals surface area contributed by atoms with Gasteiger partial charge < -0.3 is 10.1 Å². The summed E-state index contributed by atoms with van der Waals surface area (Å²) < 4.78 is 33.2. The normalized spacial score (nSPS) is 17.8. The first-order chi connectivity index (χ1) is 17.3. The molecular formula is C28H28N2O5S. The first kappa shape index (κ1) is 24.1. The summed E-state index contributed by atoms with van der Waals surface area (Å²) in [6.45, 7) is 4.01. The highest BCUT2D eigenvalue weighted by Crippen LogP contribution is 2.49. The van der Waals surface area contributed by atoms with Gasteiger partial charge in [0.25, 0.3) is 15.9 Å². The SMILES string of the molecule is CCOC(=O)C1(c2ccc(NC(=O)c3ccc4c(c3)CC(C)N4S(=O)(=O)c3ccccc3)cc2)CC1. The van der Waals surface area contributed by atoms with Crippen molar-refractivity contribution in [3.8, 4) is 0 Å². The molecule has 1 aliphatic carbocycles. The molecule has 3 aromatic carbocycles. The van der Waals surface area contributed by atoms with Crippen molar-refractivity contribution in [2.75, 3.05) is 16.2 Å². The summed E-state index contributed by atoms with van der Waals surface area (Å²) in [6, 6.07) is 20.5. The van der Waals surface area contributed by atoms with E-state index in [0.29, 0.717) is 30.0 Å². The molecule has 186 valence electrons. The number of benzene rings is 3. The molecule has 36 heavy (non-hydrogen) atoms. The maximum atomic E-state index is 13.3. The monoisotopic (exact) mass is 504 g/mol. The Bertz CT molecular complexity index is 1410. The maximum absolute atomic E-state index is 13.3. The van der Waals surface area contributed by atoms with E-state index in [9.17, 15) is 18.0 Å². The van der Waals surface area contributed by atoms with Gasteiger partial charge in [0.1, 0.15) is 0 Å². The number of nitrogens with one attached hydrogen (secondary N) is 1. The molecule has 1 heterocycles. The lowest BCUT2D eigenvalue weighted by atomic mass is 9.96. The first-order valence-electron chi connectivity index (χ1n) is 12.1. The van der Waals surface area contributed by atoms with Crippen LogP contribution in [-0.4, -0.2) is 32.9 Å². The molecule has 1 fully saturated rings. The highest BCUT2D eigenvalue weighted by atomic mass is 32.2. The number of ether oxygens (including phenoxy) is 1. The first-order valence-corrected chi connectivity index (χ1v) is 13.5. The number of esters is 1. The molecule has 1 aliphatic heterocycles. The molecule has 8 heteroatoms. The second-order valence-corrected chi connectivity index (χ2v) is 11.2. The number of carbonyl (C=O) groups is 2. The molecule has 0 saturated heterocycles. The van der Waals surface area contributed by atoms with E-state index in [4.69, 9.17) is 4.74 Å². The molecule has 1 unspecified atom stereocenters. The highest BCUT2D eigenvalue weighted by molar-refractivity contribution is 7.92. The van der Waals surface area contributed by atoms with Crippen LogP contribution in [0.3, 0.4) is 0 Å². The molecule has 0 bridgehead atoms. The van der Waals surface area contributed by atoms with E-state index in [0.717, 1.165) is 24.0 Å². The minimum atomic E-state index is -3.70. The smallest absolute Gasteiger partial charge is 0.316 e. The quantitative estimate of drug-likeness (QED) is 0.472. The Labute approximate surface area is 211 Å². The minimum Gasteiger partial charge on any atom is -0.465 e. The average molecular weight is 505 g/mol. The van der Waals surface area contributed by atoms with Crippen LogP contribution in [0.1, 0.15) is 48.2 Å². The summed E-state index contributed by atoms with van der Waals surface area (Å²) >= 11 is 0. The Morgan fingerprint density at radius 3 is 2.36 bits per heavy atom. The summed E-state index contributed by atoms with van der Waals surface area (Å²) in [5.74, 6) is -0.480. The predicted octanol–water partition coefficient (Wildman–Crippen LogP) is 4.67. The van der Waals surface area contributed by atoms with Crippen LogP contribution in [0.25, 0.3) is 0 Å². The van der Waals surface area contributed by atoms with Gasteiger partial charge in [0, 0.05) is 17.3 Å². The van der Waals surface area contributed by atoms with Gasteiger partial charge in [0.05, 0.1) is 22.6 Å². The van der Waals surface area contributed by atoms with E-state index in [2.05, 4.69) is 5.32 Å². The lowest BCUT2D eigenvalue weighted by Crippen LogP contribution is -2.35. The molecule has 0 radical (unpaired) electrons. The summed E-state index contributed by atoms with van der Waals surface area (Å²) in [5.41, 5.74) is 2.82. The molecule has 5 rings (SSSR count). The van der Waals surface area contributed by atoms with Gasteiger partial charge >= 0.3 is 5.97 Å². The molecule has 1 atom stereocenters. The Kier molecular flexibility index (Phi) is 6.08. The Morgan fingerprint density at radius 2 is 1.72 bits per heavy atom. The average Bonchev–Trinajstić information content (AvgIpc) is 3.61. The number of rotatable bonds is 7. The summed E-state index contributed by atoms with van der Waals surface area (Å²) in [6.07, 6.45) is 2.05. The van der Waals surface area contributed by atoms with Crippen molar-refractivity contribution in [2.24, 2.45) is 0 Å². The maximum Gasteiger partial charge on any atom is 0.316 e. The molecule has 3 aromatic rings. The standard InChI is InChI=1S/C28H28N2O5S/c1-3-35-27(32)28(15-16-28)22-10-12-23(13-11-22)29-26(31)20-9-14-25-21(18-20)17-19(2)30(25)36(33,34)24-7-5-4-6-8-24/h4-14,18-19H,3,15-17H2,1-2H3,(H,29,31). The van der Waals surface area contributed by atoms with Gasteiger partial charge in [-0.15, -0.1) is 0 Å². The zero-order chi connectivity index (χ0) is 25.5. The zero-order valence-corrected chi connectivity index (χ0v) is 21.0. The number of carbonyl (C=O) groups excluding carboxylic acids is 2. The highest BCUT2D eigenvalue weighted by Gasteiger charge is 2.52. The van der Waals surface area contributed by atoms with Gasteiger partial charge in [-0.3, -0.25) is 13.9 Å². The number of sulfonamides is 1. The van der Waals surface area contributed by atoms with Gasteiger partial charge in [0.15, 0.2) is 0 Å². The molecule has 1 N–H and O–H groups in total. The lowest BCUT2D eigenvalue weighted by Gasteiger charge is -2.24. The van der Waals surface area contributed by atoms with Gasteiger partial charge in [0.2, 0.25) is 0 Å². The van der Waals surface area contributed by atoms with Crippen LogP contribution in [0, 0.1) is 0 Å². The van der Waals surface area contributed by atoms with E-state index >= 15 is 0 Å². The predicted molar refractivity (Wildman–Crippen MR) is 138 cm³/mol. The number of nitrogens with zero attached hydrogens (tertiary/aromatic N) is 1. The van der Waals surface area contributed by atoms with Crippen molar-refractivity contribution in [2.45, 2.75) is 49.5 Å². The van der Waals surface area contributed by atoms with Crippen molar-refractivity contribution >= 4 is 33.3 Å². The fourth-order valence-electron chi connectivity index (χ4n) is 4.90. The minimum absolute atomic E-state index is 0.197. The molecule has 1 saturated carbocycles. The third-order valence-corrected chi connectivity index (χ3v) is 8.85. The molecule has 2 aliphatic rings. The van der Waals surface area contributed by atoms with E-state index in [1.54, 1.807) is 67.6 Å². The van der Waals surface area contributed by atoms with Crippen LogP contribution in [-0.2, 0) is 31.4 Å². The molecule has 1 amide bonds. The van der Waals surface area contributed by atoms with E-state index < -0.39 is 15.4 Å². The van der Waals surface area contributed by atoms with E-state index in [-0.39, 0.29) is 22.8 Å². The van der Waals surface area contributed by atoms with Gasteiger partial charge in [-0.1, -0.05) is 30.3 Å². The van der Waals surface area contributed by atoms with Gasteiger partial charge in [-0.2, -0.15) is 0 Å². The topological polar surface area (TPSA) is 92.8 Å². The van der Waals surface area contributed by atoms with E-state index in [1.165, 1.54) is 4.31 Å². The second kappa shape index (κ2) is 9.09. The third kappa shape index (κ3) is 4.15. The Morgan fingerprint density at radius 1 is 1.03 bits per heavy atom. The number of hydrogen-bond donors (Lipinski definition) is 1. The zero-order valence-electron chi connectivity index (χ0n) is 20.2. The Balaban J connectivity index is 1.33. The lowest BCUT2D eigenvalue weighted by molar-refractivity contribution is -0.146. The Hall–Kier alpha value is -3.65. The molecule has 0 aromatic heterocycles. The fourth-order valence-corrected chi connectivity index (χ4v) is 6.61. The van der Waals surface area contributed by atoms with Crippen LogP contribution < -0.4 is 9.62 Å². The van der Waals surface area contributed by atoms with Crippen molar-refractivity contribution in [1.82, 2.24) is 0 Å². The van der Waals surface area contributed by atoms with E-state index in [1.807, 2.05) is 19.1 Å². The molecule has 0 spiro atoms. The number of hydrogen-bond acceptors (Lipinski definition) is 5. The number of fused-ring (bicyclic) bond motifs is 1. The molecule has 7 nitrogen and oxygen atoms in total. The largest absolute Gasteiger partial charge is 0.465 e. The summed E-state index contributed by atoms with van der Waals surface area (Å²) in [4.78, 5) is 25.5. The third-order valence-electron chi connectivity index (χ3n) is 6.91. The van der Waals surface area contributed by atoms with Gasteiger partial charge in [-0.05, 0) is 86.7 Å². The fraction of sp³-hybridized carbons (Fsp3) is 0.286. The molecular weight excluding hydrogens is 476 g/mol. The van der Waals surface area contributed by atoms with Crippen molar-refractivity contribution in [3.63, 3.8) is 0 Å². The van der Waals surface area contributed by atoms with Crippen molar-refractivity contribution in [3.05, 3.63) is 89.5 Å². The van der Waals surface area contributed by atoms with Crippen LogP contribution >= 0.6 is 0 Å². The van der Waals surface area contributed by atoms with Crippen molar-refractivity contribution < 1.29 is 22.7 Å². The number of amides is 1. The van der Waals surface area contributed by atoms with Crippen LogP contribution in [0.2, 0.25) is 0 Å². The van der Waals surface area contributed by atoms with Crippen LogP contribution in [0.5, 0.6) is 0 Å². The second-order valence-electron chi connectivity index (χ2n) is 9.34. The van der Waals surface area contributed by atoms with Crippen LogP contribution in [0.15, 0.2) is 77.7 Å². The van der Waals surface area contributed by atoms with Crippen LogP contribution in [0.4, 0.5) is 11.4 Å². The number of anilines is 2.